The highest BCUT2D eigenvalue weighted by Crippen LogP contribution is 2.48. The molecule has 0 spiro atoms. The first-order valence-electron chi connectivity index (χ1n) is 14.7. The molecule has 3 rings (SSSR count). The van der Waals surface area contributed by atoms with Gasteiger partial charge in [-0.25, -0.2) is 9.59 Å². The van der Waals surface area contributed by atoms with Gasteiger partial charge >= 0.3 is 11.7 Å². The van der Waals surface area contributed by atoms with Gasteiger partial charge < -0.3 is 70.3 Å². The van der Waals surface area contributed by atoms with Gasteiger partial charge in [0.1, 0.15) is 43.9 Å². The van der Waals surface area contributed by atoms with Crippen LogP contribution in [0, 0.1) is 5.92 Å². The second kappa shape index (κ2) is 16.9. The molecule has 2 aliphatic heterocycles. The number of carbonyl (C=O) groups excluding carboxylic acids is 2. The average Bonchev–Trinajstić information content (AvgIpc) is 3.30. The van der Waals surface area contributed by atoms with Gasteiger partial charge in [-0.1, -0.05) is 0 Å². The number of hydrogen-bond donors (Lipinski definition) is 10. The number of aromatic nitrogens is 2. The van der Waals surface area contributed by atoms with E-state index in [0.717, 1.165) is 10.8 Å². The first kappa shape index (κ1) is 39.9. The molecule has 1 aromatic rings. The molecule has 2 fully saturated rings. The van der Waals surface area contributed by atoms with Gasteiger partial charge in [-0.05, 0) is 18.2 Å². The molecule has 0 radical (unpaired) electrons. The van der Waals surface area contributed by atoms with E-state index in [1.54, 1.807) is 0 Å². The number of aliphatic hydroxyl groups is 6. The molecule has 11 atom stereocenters. The van der Waals surface area contributed by atoms with Crippen molar-refractivity contribution in [3.8, 4) is 0 Å². The zero-order chi connectivity index (χ0) is 36.0. The molecule has 0 bridgehead atoms. The minimum atomic E-state index is -5.33. The van der Waals surface area contributed by atoms with Crippen LogP contribution < -0.4 is 21.6 Å². The van der Waals surface area contributed by atoms with Gasteiger partial charge in [0.2, 0.25) is 5.91 Å². The normalized spacial score (nSPS) is 31.5. The molecule has 0 saturated carbocycles. The fraction of sp³-hybridized carbons (Fsp3) is 0.731. The zero-order valence-corrected chi connectivity index (χ0v) is 27.2. The van der Waals surface area contributed by atoms with E-state index in [9.17, 15) is 64.4 Å². The van der Waals surface area contributed by atoms with E-state index in [1.165, 1.54) is 6.07 Å². The van der Waals surface area contributed by atoms with E-state index in [1.807, 2.05) is 0 Å². The number of aliphatic carboxylic acids is 1. The number of nitrogens with two attached hydrogens (primary N) is 1. The summed E-state index contributed by atoms with van der Waals surface area (Å²) < 4.78 is 29.8. The third-order valence-electron chi connectivity index (χ3n) is 7.98. The number of Topliss-reactive ketones (excluding diaryl/α,β-unsaturated/α-hetero) is 1. The van der Waals surface area contributed by atoms with Crippen molar-refractivity contribution in [3.05, 3.63) is 22.7 Å². The van der Waals surface area contributed by atoms with Gasteiger partial charge in [0.25, 0.3) is 0 Å². The minimum absolute atomic E-state index is 0.0848. The fourth-order valence-corrected chi connectivity index (χ4v) is 7.02. The Hall–Kier alpha value is -2.53. The van der Waals surface area contributed by atoms with Crippen molar-refractivity contribution in [2.24, 2.45) is 5.92 Å². The lowest BCUT2D eigenvalue weighted by Crippen LogP contribution is -2.62. The number of amides is 1. The van der Waals surface area contributed by atoms with Crippen molar-refractivity contribution in [1.29, 1.82) is 0 Å². The van der Waals surface area contributed by atoms with Crippen LogP contribution in [0.1, 0.15) is 31.9 Å². The Morgan fingerprint density at radius 2 is 1.96 bits per heavy atom. The number of thiol groups is 1. The molecule has 48 heavy (non-hydrogen) atoms. The Kier molecular flexibility index (Phi) is 14.1. The Bertz CT molecular complexity index is 1400. The maximum absolute atomic E-state index is 13.1. The number of hydrogen-bond acceptors (Lipinski definition) is 18. The quantitative estimate of drug-likeness (QED) is 0.0531. The molecule has 20 nitrogen and oxygen atoms in total. The van der Waals surface area contributed by atoms with Gasteiger partial charge in [0.05, 0.1) is 38.1 Å². The number of nitrogens with one attached hydrogen (secondary N) is 1. The van der Waals surface area contributed by atoms with E-state index in [-0.39, 0.29) is 12.2 Å². The van der Waals surface area contributed by atoms with Crippen LogP contribution in [-0.4, -0.2) is 143 Å². The predicted molar refractivity (Wildman–Crippen MR) is 161 cm³/mol. The van der Waals surface area contributed by atoms with Gasteiger partial charge in [0, 0.05) is 31.4 Å². The molecular weight excluding hydrogens is 687 g/mol. The lowest BCUT2D eigenvalue weighted by atomic mass is 9.78. The summed E-state index contributed by atoms with van der Waals surface area (Å²) in [6.45, 7) is -2.53. The first-order valence-corrected chi connectivity index (χ1v) is 17.1. The molecule has 3 unspecified atom stereocenters. The Morgan fingerprint density at radius 1 is 1.27 bits per heavy atom. The zero-order valence-electron chi connectivity index (χ0n) is 25.4. The molecular formula is C26H40N4O16PS-. The van der Waals surface area contributed by atoms with Crippen LogP contribution in [0.4, 0.5) is 5.82 Å². The molecule has 0 aromatic carbocycles. The van der Waals surface area contributed by atoms with Crippen molar-refractivity contribution in [2.45, 2.75) is 80.2 Å². The molecule has 272 valence electrons. The third-order valence-corrected chi connectivity index (χ3v) is 9.74. The standard InChI is InChI=1S/C26H41N4O16PS/c27-17-3-4-30(25(41)29-17)23-21(38)20(37)16(45-23)10-44-47(42,43)11-26(24(39)40)7-14(33)13(22(46-26)19(36)15(34)9-31)6-12(32)8-28-18(35)2-1-5-48/h3-4,13-16,19-23,31,33-34,36-38,48H,1-2,5-11H2,(H,28,35)(H,39,40)(H,42,43)(H2,27,29,41)/p-1/t13-,14-,15-,16-,19-,20+,21?,22?,23-,26-/m1/s1. The Labute approximate surface area is 278 Å². The second-order valence-corrected chi connectivity index (χ2v) is 13.8. The number of rotatable bonds is 17. The Balaban J connectivity index is 1.76. The summed E-state index contributed by atoms with van der Waals surface area (Å²) in [5.74, 6) is -4.20. The van der Waals surface area contributed by atoms with Crippen molar-refractivity contribution in [1.82, 2.24) is 14.9 Å². The van der Waals surface area contributed by atoms with Crippen LogP contribution in [0.25, 0.3) is 0 Å². The van der Waals surface area contributed by atoms with Crippen molar-refractivity contribution in [2.75, 3.05) is 37.4 Å². The highest BCUT2D eigenvalue weighted by atomic mass is 32.1. The number of ether oxygens (including phenoxy) is 2. The molecule has 10 N–H and O–H groups in total. The highest BCUT2D eigenvalue weighted by Gasteiger charge is 2.56. The molecule has 1 aromatic heterocycles. The highest BCUT2D eigenvalue weighted by molar-refractivity contribution is 7.80. The van der Waals surface area contributed by atoms with E-state index >= 15 is 0 Å². The fourth-order valence-electron chi connectivity index (χ4n) is 5.44. The van der Waals surface area contributed by atoms with Crippen molar-refractivity contribution in [3.63, 3.8) is 0 Å². The third kappa shape index (κ3) is 9.79. The van der Waals surface area contributed by atoms with Gasteiger partial charge in [-0.2, -0.15) is 17.6 Å². The van der Waals surface area contributed by atoms with Gasteiger partial charge in [-0.3, -0.25) is 14.2 Å². The topological polar surface area (TPSA) is 334 Å². The molecule has 2 aliphatic rings. The number of nitrogen functional groups attached to an aromatic ring is 1. The second-order valence-electron chi connectivity index (χ2n) is 11.6. The number of nitrogens with zero attached hydrogens (tertiary/aromatic N) is 2. The average molecular weight is 728 g/mol. The number of carboxylic acids is 1. The summed E-state index contributed by atoms with van der Waals surface area (Å²) in [5.41, 5.74) is 1.67. The lowest BCUT2D eigenvalue weighted by molar-refractivity contribution is -0.243. The van der Waals surface area contributed by atoms with Gasteiger partial charge in [0.15, 0.2) is 17.6 Å². The van der Waals surface area contributed by atoms with E-state index < -0.39 is 130 Å². The summed E-state index contributed by atoms with van der Waals surface area (Å²) in [4.78, 5) is 65.8. The molecule has 1 amide bonds. The number of carboxylic acid groups (broad SMARTS) is 1. The van der Waals surface area contributed by atoms with E-state index in [2.05, 4.69) is 22.9 Å². The van der Waals surface area contributed by atoms with Crippen LogP contribution in [0.3, 0.4) is 0 Å². The molecule has 3 heterocycles. The number of anilines is 1. The number of ketones is 1. The lowest BCUT2D eigenvalue weighted by Gasteiger charge is -2.48. The number of aliphatic hydroxyl groups excluding tert-OH is 6. The minimum Gasteiger partial charge on any atom is -0.778 e. The van der Waals surface area contributed by atoms with Crippen LogP contribution in [0.2, 0.25) is 0 Å². The molecule has 2 saturated heterocycles. The summed E-state index contributed by atoms with van der Waals surface area (Å²) in [5, 5.41) is 74.5. The first-order chi connectivity index (χ1) is 22.4. The summed E-state index contributed by atoms with van der Waals surface area (Å²) in [6.07, 6.45) is -15.8. The van der Waals surface area contributed by atoms with Crippen LogP contribution >= 0.6 is 20.2 Å². The van der Waals surface area contributed by atoms with Crippen molar-refractivity contribution < 1.29 is 73.6 Å². The largest absolute Gasteiger partial charge is 0.778 e. The SMILES string of the molecule is Nc1ccn([C@@H]2O[C@H](COP(=O)([O-])C[C@@]3(C(=O)O)C[C@@H](O)[C@@H](CC(=O)CNC(=O)CCCS)C([C@H](O)[C@H](O)CO)O3)[C@H](O)C2O)c(=O)n1. The monoisotopic (exact) mass is 727 g/mol. The smallest absolute Gasteiger partial charge is 0.351 e. The van der Waals surface area contributed by atoms with Crippen LogP contribution in [0.15, 0.2) is 17.1 Å². The number of carbonyl (C=O) groups is 3. The molecule has 22 heteroatoms. The van der Waals surface area contributed by atoms with Crippen LogP contribution in [-0.2, 0) is 32.9 Å². The van der Waals surface area contributed by atoms with E-state index in [4.69, 9.17) is 19.7 Å². The Morgan fingerprint density at radius 3 is 2.56 bits per heavy atom. The maximum Gasteiger partial charge on any atom is 0.351 e. The summed E-state index contributed by atoms with van der Waals surface area (Å²) in [6, 6.07) is 1.21. The van der Waals surface area contributed by atoms with Crippen molar-refractivity contribution >= 4 is 43.7 Å². The summed E-state index contributed by atoms with van der Waals surface area (Å²) >= 11 is 3.99. The summed E-state index contributed by atoms with van der Waals surface area (Å²) in [7, 11) is -5.33. The van der Waals surface area contributed by atoms with E-state index in [0.29, 0.717) is 12.2 Å². The van der Waals surface area contributed by atoms with Crippen LogP contribution in [0.5, 0.6) is 0 Å². The molecule has 0 aliphatic carbocycles. The van der Waals surface area contributed by atoms with Gasteiger partial charge in [-0.15, -0.1) is 0 Å². The maximum atomic E-state index is 13.1. The predicted octanol–water partition coefficient (Wildman–Crippen LogP) is -4.90.